The van der Waals surface area contributed by atoms with E-state index in [-0.39, 0.29) is 5.82 Å². The fourth-order valence-electron chi connectivity index (χ4n) is 1.63. The van der Waals surface area contributed by atoms with Crippen LogP contribution in [0.3, 0.4) is 0 Å². The zero-order valence-electron chi connectivity index (χ0n) is 9.40. The van der Waals surface area contributed by atoms with Crippen LogP contribution < -0.4 is 4.90 Å². The van der Waals surface area contributed by atoms with Crippen LogP contribution in [0.5, 0.6) is 0 Å². The lowest BCUT2D eigenvalue weighted by atomic mass is 10.2. The number of aromatic nitrogens is 1. The first-order valence-electron chi connectivity index (χ1n) is 5.22. The molecular formula is C13H12ClFN2. The minimum atomic E-state index is -0.219. The van der Waals surface area contributed by atoms with Gasteiger partial charge in [0.1, 0.15) is 11.0 Å². The van der Waals surface area contributed by atoms with Crippen LogP contribution in [0.25, 0.3) is 0 Å². The zero-order valence-corrected chi connectivity index (χ0v) is 10.2. The molecule has 88 valence electrons. The van der Waals surface area contributed by atoms with Crippen LogP contribution in [-0.4, -0.2) is 12.0 Å². The summed E-state index contributed by atoms with van der Waals surface area (Å²) in [7, 11) is 1.93. The molecule has 0 unspecified atom stereocenters. The van der Waals surface area contributed by atoms with Crippen LogP contribution in [0.2, 0.25) is 5.15 Å². The summed E-state index contributed by atoms with van der Waals surface area (Å²) in [6, 6.07) is 10.2. The van der Waals surface area contributed by atoms with Gasteiger partial charge in [0.05, 0.1) is 0 Å². The normalized spacial score (nSPS) is 10.3. The van der Waals surface area contributed by atoms with E-state index in [0.29, 0.717) is 11.7 Å². The molecule has 2 nitrogen and oxygen atoms in total. The van der Waals surface area contributed by atoms with Gasteiger partial charge in [0.25, 0.3) is 0 Å². The van der Waals surface area contributed by atoms with Gasteiger partial charge in [-0.15, -0.1) is 0 Å². The number of hydrogen-bond donors (Lipinski definition) is 0. The minimum absolute atomic E-state index is 0.219. The highest BCUT2D eigenvalue weighted by atomic mass is 35.5. The largest absolute Gasteiger partial charge is 0.370 e. The molecular weight excluding hydrogens is 239 g/mol. The maximum Gasteiger partial charge on any atom is 0.131 e. The van der Waals surface area contributed by atoms with E-state index in [0.717, 1.165) is 11.3 Å². The van der Waals surface area contributed by atoms with E-state index in [2.05, 4.69) is 4.98 Å². The summed E-state index contributed by atoms with van der Waals surface area (Å²) in [5, 5.41) is 0.452. The van der Waals surface area contributed by atoms with Crippen molar-refractivity contribution in [2.75, 3.05) is 11.9 Å². The molecule has 4 heteroatoms. The lowest BCUT2D eigenvalue weighted by molar-refractivity contribution is 0.625. The maximum atomic E-state index is 13.0. The van der Waals surface area contributed by atoms with Crippen molar-refractivity contribution in [3.8, 4) is 0 Å². The molecule has 0 saturated carbocycles. The lowest BCUT2D eigenvalue weighted by Crippen LogP contribution is -2.16. The van der Waals surface area contributed by atoms with Gasteiger partial charge in [0, 0.05) is 25.5 Å². The first-order chi connectivity index (χ1) is 8.15. The van der Waals surface area contributed by atoms with Crippen LogP contribution in [-0.2, 0) is 6.54 Å². The predicted octanol–water partition coefficient (Wildman–Crippen LogP) is 3.51. The fraction of sp³-hybridized carbons (Fsp3) is 0.154. The number of nitrogens with zero attached hydrogens (tertiary/aromatic N) is 2. The molecule has 0 saturated heterocycles. The molecule has 1 aromatic carbocycles. The molecule has 2 aromatic rings. The van der Waals surface area contributed by atoms with Crippen molar-refractivity contribution >= 4 is 17.3 Å². The highest BCUT2D eigenvalue weighted by Gasteiger charge is 2.03. The van der Waals surface area contributed by atoms with Crippen molar-refractivity contribution in [1.82, 2.24) is 4.98 Å². The van der Waals surface area contributed by atoms with Crippen LogP contribution >= 0.6 is 11.6 Å². The Bertz CT molecular complexity index is 516. The van der Waals surface area contributed by atoms with E-state index in [4.69, 9.17) is 11.6 Å². The van der Waals surface area contributed by atoms with Gasteiger partial charge in [-0.3, -0.25) is 0 Å². The third kappa shape index (κ3) is 3.17. The first-order valence-corrected chi connectivity index (χ1v) is 5.60. The number of anilines is 1. The van der Waals surface area contributed by atoms with Gasteiger partial charge in [-0.05, 0) is 29.8 Å². The quantitative estimate of drug-likeness (QED) is 0.775. The second-order valence-corrected chi connectivity index (χ2v) is 4.21. The summed E-state index contributed by atoms with van der Waals surface area (Å²) in [5.74, 6) is -0.219. The van der Waals surface area contributed by atoms with E-state index in [1.54, 1.807) is 18.3 Å². The monoisotopic (exact) mass is 250 g/mol. The van der Waals surface area contributed by atoms with Crippen molar-refractivity contribution in [2.24, 2.45) is 0 Å². The molecule has 17 heavy (non-hydrogen) atoms. The molecule has 0 N–H and O–H groups in total. The summed E-state index contributed by atoms with van der Waals surface area (Å²) in [6.45, 7) is 0.623. The van der Waals surface area contributed by atoms with Gasteiger partial charge in [0.15, 0.2) is 0 Å². The standard InChI is InChI=1S/C13H12ClFN2/c1-17(12-5-6-16-13(14)8-12)9-10-3-2-4-11(15)7-10/h2-8H,9H2,1H3. The van der Waals surface area contributed by atoms with Gasteiger partial charge >= 0.3 is 0 Å². The average Bonchev–Trinajstić information content (AvgIpc) is 2.29. The molecule has 0 spiro atoms. The van der Waals surface area contributed by atoms with Gasteiger partial charge in [-0.25, -0.2) is 9.37 Å². The van der Waals surface area contributed by atoms with E-state index in [1.165, 1.54) is 12.1 Å². The van der Waals surface area contributed by atoms with E-state index in [1.807, 2.05) is 24.1 Å². The van der Waals surface area contributed by atoms with Crippen LogP contribution in [0, 0.1) is 5.82 Å². The highest BCUT2D eigenvalue weighted by Crippen LogP contribution is 2.18. The van der Waals surface area contributed by atoms with Crippen molar-refractivity contribution < 1.29 is 4.39 Å². The van der Waals surface area contributed by atoms with E-state index < -0.39 is 0 Å². The second kappa shape index (κ2) is 5.15. The lowest BCUT2D eigenvalue weighted by Gasteiger charge is -2.19. The molecule has 0 aliphatic carbocycles. The Morgan fingerprint density at radius 3 is 2.82 bits per heavy atom. The van der Waals surface area contributed by atoms with Crippen LogP contribution in [0.1, 0.15) is 5.56 Å². The summed E-state index contributed by atoms with van der Waals surface area (Å²) in [6.07, 6.45) is 1.65. The minimum Gasteiger partial charge on any atom is -0.370 e. The Labute approximate surface area is 105 Å². The summed E-state index contributed by atoms with van der Waals surface area (Å²) in [5.41, 5.74) is 1.87. The smallest absolute Gasteiger partial charge is 0.131 e. The van der Waals surface area contributed by atoms with Crippen molar-refractivity contribution in [1.29, 1.82) is 0 Å². The van der Waals surface area contributed by atoms with Crippen molar-refractivity contribution in [2.45, 2.75) is 6.54 Å². The molecule has 1 aromatic heterocycles. The predicted molar refractivity (Wildman–Crippen MR) is 67.8 cm³/mol. The number of pyridine rings is 1. The fourth-order valence-corrected chi connectivity index (χ4v) is 1.80. The Kier molecular flexibility index (Phi) is 3.59. The summed E-state index contributed by atoms with van der Waals surface area (Å²) in [4.78, 5) is 5.91. The average molecular weight is 251 g/mol. The topological polar surface area (TPSA) is 16.1 Å². The van der Waals surface area contributed by atoms with Crippen LogP contribution in [0.15, 0.2) is 42.6 Å². The van der Waals surface area contributed by atoms with Gasteiger partial charge in [-0.1, -0.05) is 23.7 Å². The number of rotatable bonds is 3. The first kappa shape index (κ1) is 11.9. The third-order valence-corrected chi connectivity index (χ3v) is 2.67. The molecule has 0 aliphatic rings. The number of benzene rings is 1. The van der Waals surface area contributed by atoms with E-state index >= 15 is 0 Å². The SMILES string of the molecule is CN(Cc1cccc(F)c1)c1ccnc(Cl)c1. The Morgan fingerprint density at radius 1 is 1.29 bits per heavy atom. The molecule has 0 radical (unpaired) electrons. The molecule has 0 bridgehead atoms. The molecule has 0 amide bonds. The highest BCUT2D eigenvalue weighted by molar-refractivity contribution is 6.29. The summed E-state index contributed by atoms with van der Waals surface area (Å²) >= 11 is 5.82. The Morgan fingerprint density at radius 2 is 2.12 bits per heavy atom. The van der Waals surface area contributed by atoms with Gasteiger partial charge in [0.2, 0.25) is 0 Å². The number of halogens is 2. The Balaban J connectivity index is 2.14. The van der Waals surface area contributed by atoms with Gasteiger partial charge < -0.3 is 4.90 Å². The number of hydrogen-bond acceptors (Lipinski definition) is 2. The van der Waals surface area contributed by atoms with E-state index in [9.17, 15) is 4.39 Å². The molecule has 0 aliphatic heterocycles. The van der Waals surface area contributed by atoms with Gasteiger partial charge in [-0.2, -0.15) is 0 Å². The molecule has 2 rings (SSSR count). The van der Waals surface area contributed by atoms with Crippen molar-refractivity contribution in [3.63, 3.8) is 0 Å². The molecule has 0 atom stereocenters. The third-order valence-electron chi connectivity index (χ3n) is 2.46. The maximum absolute atomic E-state index is 13.0. The second-order valence-electron chi connectivity index (χ2n) is 3.82. The van der Waals surface area contributed by atoms with Crippen molar-refractivity contribution in [3.05, 3.63) is 59.1 Å². The zero-order chi connectivity index (χ0) is 12.3. The molecule has 1 heterocycles. The summed E-state index contributed by atoms with van der Waals surface area (Å²) < 4.78 is 13.0. The van der Waals surface area contributed by atoms with Crippen LogP contribution in [0.4, 0.5) is 10.1 Å². The Hall–Kier alpha value is -1.61. The molecule has 0 fully saturated rings.